The molecule has 0 amide bonds. The van der Waals surface area contributed by atoms with Crippen molar-refractivity contribution in [2.24, 2.45) is 0 Å². The third kappa shape index (κ3) is 4.51. The zero-order chi connectivity index (χ0) is 10.9. The smallest absolute Gasteiger partial charge is 0.0337 e. The van der Waals surface area contributed by atoms with Crippen molar-refractivity contribution in [3.8, 4) is 11.8 Å². The van der Waals surface area contributed by atoms with Crippen molar-refractivity contribution in [2.75, 3.05) is 6.54 Å². The van der Waals surface area contributed by atoms with Crippen molar-refractivity contribution in [1.29, 1.82) is 0 Å². The van der Waals surface area contributed by atoms with Crippen molar-refractivity contribution in [3.63, 3.8) is 0 Å². The van der Waals surface area contributed by atoms with E-state index in [2.05, 4.69) is 40.9 Å². The first-order chi connectivity index (χ1) is 7.38. The van der Waals surface area contributed by atoms with Crippen LogP contribution in [0.3, 0.4) is 0 Å². The van der Waals surface area contributed by atoms with E-state index >= 15 is 0 Å². The van der Waals surface area contributed by atoms with Crippen molar-refractivity contribution < 1.29 is 0 Å². The fourth-order valence-electron chi connectivity index (χ4n) is 1.52. The molecule has 1 aromatic rings. The highest BCUT2D eigenvalue weighted by molar-refractivity contribution is 7.07. The van der Waals surface area contributed by atoms with Crippen LogP contribution in [-0.2, 0) is 0 Å². The second kappa shape index (κ2) is 7.50. The predicted octanol–water partition coefficient (Wildman–Crippen LogP) is 3.59. The molecule has 0 aliphatic carbocycles. The molecule has 15 heavy (non-hydrogen) atoms. The van der Waals surface area contributed by atoms with Crippen LogP contribution in [0.5, 0.6) is 0 Å². The van der Waals surface area contributed by atoms with E-state index in [9.17, 15) is 0 Å². The third-order valence-corrected chi connectivity index (χ3v) is 3.02. The van der Waals surface area contributed by atoms with Gasteiger partial charge in [0.1, 0.15) is 0 Å². The van der Waals surface area contributed by atoms with Crippen LogP contribution in [0.2, 0.25) is 0 Å². The van der Waals surface area contributed by atoms with Crippen LogP contribution in [-0.4, -0.2) is 6.54 Å². The molecule has 82 valence electrons. The SMILES string of the molecule is CC#CCCC(NCCC)c1ccsc1. The molecule has 1 unspecified atom stereocenters. The average Bonchev–Trinajstić information content (AvgIpc) is 2.76. The molecule has 0 aliphatic heterocycles. The Morgan fingerprint density at radius 1 is 1.53 bits per heavy atom. The summed E-state index contributed by atoms with van der Waals surface area (Å²) in [6.07, 6.45) is 3.27. The van der Waals surface area contributed by atoms with E-state index in [4.69, 9.17) is 0 Å². The van der Waals surface area contributed by atoms with E-state index in [1.807, 2.05) is 6.92 Å². The van der Waals surface area contributed by atoms with Crippen LogP contribution in [0.1, 0.15) is 44.7 Å². The maximum Gasteiger partial charge on any atom is 0.0337 e. The van der Waals surface area contributed by atoms with E-state index < -0.39 is 0 Å². The van der Waals surface area contributed by atoms with Gasteiger partial charge < -0.3 is 5.32 Å². The summed E-state index contributed by atoms with van der Waals surface area (Å²) < 4.78 is 0. The monoisotopic (exact) mass is 221 g/mol. The quantitative estimate of drug-likeness (QED) is 0.724. The van der Waals surface area contributed by atoms with Gasteiger partial charge in [0, 0.05) is 12.5 Å². The molecule has 1 N–H and O–H groups in total. The Labute approximate surface area is 96.9 Å². The zero-order valence-corrected chi connectivity index (χ0v) is 10.4. The summed E-state index contributed by atoms with van der Waals surface area (Å²) in [6.45, 7) is 5.18. The lowest BCUT2D eigenvalue weighted by atomic mass is 10.1. The maximum atomic E-state index is 3.57. The van der Waals surface area contributed by atoms with E-state index in [0.717, 1.165) is 19.4 Å². The number of rotatable bonds is 6. The summed E-state index contributed by atoms with van der Waals surface area (Å²) in [5, 5.41) is 7.94. The molecule has 1 atom stereocenters. The van der Waals surface area contributed by atoms with Crippen LogP contribution in [0.25, 0.3) is 0 Å². The minimum Gasteiger partial charge on any atom is -0.310 e. The lowest BCUT2D eigenvalue weighted by molar-refractivity contribution is 0.507. The molecule has 0 aliphatic rings. The topological polar surface area (TPSA) is 12.0 Å². The molecule has 1 rings (SSSR count). The van der Waals surface area contributed by atoms with Crippen molar-refractivity contribution >= 4 is 11.3 Å². The van der Waals surface area contributed by atoms with Gasteiger partial charge in [-0.05, 0) is 48.7 Å². The molecule has 1 nitrogen and oxygen atoms in total. The normalized spacial score (nSPS) is 11.9. The molecule has 0 saturated heterocycles. The molecule has 0 bridgehead atoms. The largest absolute Gasteiger partial charge is 0.310 e. The van der Waals surface area contributed by atoms with Crippen LogP contribution in [0.15, 0.2) is 16.8 Å². The van der Waals surface area contributed by atoms with E-state index in [1.165, 1.54) is 12.0 Å². The summed E-state index contributed by atoms with van der Waals surface area (Å²) in [5.41, 5.74) is 1.41. The van der Waals surface area contributed by atoms with Gasteiger partial charge in [0.15, 0.2) is 0 Å². The van der Waals surface area contributed by atoms with Crippen LogP contribution in [0, 0.1) is 11.8 Å². The molecular weight excluding hydrogens is 202 g/mol. The average molecular weight is 221 g/mol. The van der Waals surface area contributed by atoms with Gasteiger partial charge in [0.25, 0.3) is 0 Å². The summed E-state index contributed by atoms with van der Waals surface area (Å²) in [4.78, 5) is 0. The van der Waals surface area contributed by atoms with Gasteiger partial charge in [-0.15, -0.1) is 11.8 Å². The summed E-state index contributed by atoms with van der Waals surface area (Å²) in [5.74, 6) is 6.08. The molecule has 0 spiro atoms. The first-order valence-corrected chi connectivity index (χ1v) is 6.47. The Morgan fingerprint density at radius 3 is 3.00 bits per heavy atom. The molecule has 1 heterocycles. The highest BCUT2D eigenvalue weighted by atomic mass is 32.1. The van der Waals surface area contributed by atoms with Crippen molar-refractivity contribution in [2.45, 2.75) is 39.2 Å². The van der Waals surface area contributed by atoms with Crippen LogP contribution < -0.4 is 5.32 Å². The highest BCUT2D eigenvalue weighted by Crippen LogP contribution is 2.20. The molecular formula is C13H19NS. The Morgan fingerprint density at radius 2 is 2.40 bits per heavy atom. The van der Waals surface area contributed by atoms with Gasteiger partial charge in [-0.25, -0.2) is 0 Å². The zero-order valence-electron chi connectivity index (χ0n) is 9.55. The van der Waals surface area contributed by atoms with Gasteiger partial charge in [-0.3, -0.25) is 0 Å². The van der Waals surface area contributed by atoms with Gasteiger partial charge in [-0.1, -0.05) is 6.92 Å². The Hall–Kier alpha value is -0.780. The predicted molar refractivity (Wildman–Crippen MR) is 68.0 cm³/mol. The molecule has 0 aromatic carbocycles. The van der Waals surface area contributed by atoms with E-state index in [-0.39, 0.29) is 0 Å². The summed E-state index contributed by atoms with van der Waals surface area (Å²) >= 11 is 1.76. The van der Waals surface area contributed by atoms with Crippen LogP contribution in [0.4, 0.5) is 0 Å². The second-order valence-corrected chi connectivity index (χ2v) is 4.31. The number of hydrogen-bond donors (Lipinski definition) is 1. The Balaban J connectivity index is 2.48. The molecule has 1 aromatic heterocycles. The van der Waals surface area contributed by atoms with Gasteiger partial charge in [0.05, 0.1) is 0 Å². The Kier molecular flexibility index (Phi) is 6.15. The summed E-state index contributed by atoms with van der Waals surface area (Å²) in [7, 11) is 0. The minimum absolute atomic E-state index is 0.483. The van der Waals surface area contributed by atoms with E-state index in [1.54, 1.807) is 11.3 Å². The van der Waals surface area contributed by atoms with Crippen molar-refractivity contribution in [3.05, 3.63) is 22.4 Å². The van der Waals surface area contributed by atoms with Gasteiger partial charge in [-0.2, -0.15) is 11.3 Å². The molecule has 2 heteroatoms. The Bertz CT molecular complexity index is 305. The lowest BCUT2D eigenvalue weighted by Gasteiger charge is -2.16. The third-order valence-electron chi connectivity index (χ3n) is 2.32. The number of nitrogens with one attached hydrogen (secondary N) is 1. The number of thiophene rings is 1. The molecule has 0 radical (unpaired) electrons. The van der Waals surface area contributed by atoms with Gasteiger partial charge >= 0.3 is 0 Å². The fraction of sp³-hybridized carbons (Fsp3) is 0.538. The standard InChI is InChI=1S/C13H19NS/c1-3-5-6-7-13(14-9-4-2)12-8-10-15-11-12/h8,10-11,13-14H,4,6-7,9H2,1-2H3. The lowest BCUT2D eigenvalue weighted by Crippen LogP contribution is -2.21. The maximum absolute atomic E-state index is 3.57. The fourth-order valence-corrected chi connectivity index (χ4v) is 2.23. The minimum atomic E-state index is 0.483. The van der Waals surface area contributed by atoms with E-state index in [0.29, 0.717) is 6.04 Å². The van der Waals surface area contributed by atoms with Gasteiger partial charge in [0.2, 0.25) is 0 Å². The summed E-state index contributed by atoms with van der Waals surface area (Å²) in [6, 6.07) is 2.69. The number of hydrogen-bond acceptors (Lipinski definition) is 2. The second-order valence-electron chi connectivity index (χ2n) is 3.53. The van der Waals surface area contributed by atoms with Crippen LogP contribution >= 0.6 is 11.3 Å². The van der Waals surface area contributed by atoms with Crippen molar-refractivity contribution in [1.82, 2.24) is 5.32 Å². The first kappa shape index (κ1) is 12.3. The molecule has 0 saturated carbocycles. The first-order valence-electron chi connectivity index (χ1n) is 5.53. The highest BCUT2D eigenvalue weighted by Gasteiger charge is 2.09. The molecule has 0 fully saturated rings.